The van der Waals surface area contributed by atoms with Crippen molar-refractivity contribution in [3.8, 4) is 5.75 Å². The molecule has 8 heteroatoms. The quantitative estimate of drug-likeness (QED) is 0.476. The van der Waals surface area contributed by atoms with Crippen LogP contribution in [0.5, 0.6) is 5.75 Å². The zero-order chi connectivity index (χ0) is 23.3. The first-order valence-electron chi connectivity index (χ1n) is 11.0. The van der Waals surface area contributed by atoms with Crippen LogP contribution in [-0.2, 0) is 0 Å². The largest absolute Gasteiger partial charge is 0.493 e. The third kappa shape index (κ3) is 5.82. The number of anilines is 2. The second kappa shape index (κ2) is 10.5. The van der Waals surface area contributed by atoms with E-state index >= 15 is 0 Å². The molecule has 172 valence electrons. The number of pyridine rings is 1. The maximum atomic E-state index is 13.3. The fourth-order valence-electron chi connectivity index (χ4n) is 3.87. The molecule has 7 nitrogen and oxygen atoms in total. The summed E-state index contributed by atoms with van der Waals surface area (Å²) in [6.45, 7) is 5.25. The van der Waals surface area contributed by atoms with Crippen LogP contribution in [0.2, 0.25) is 0 Å². The van der Waals surface area contributed by atoms with Crippen molar-refractivity contribution in [2.24, 2.45) is 5.92 Å². The number of carbonyl (C=O) groups is 1. The Balaban J connectivity index is 1.93. The number of carboxylic acid groups (broad SMARTS) is 1. The number of aromatic nitrogens is 1. The molecule has 1 atom stereocenters. The van der Waals surface area contributed by atoms with Gasteiger partial charge >= 0.3 is 5.97 Å². The lowest BCUT2D eigenvalue weighted by Crippen LogP contribution is -2.37. The van der Waals surface area contributed by atoms with Crippen molar-refractivity contribution >= 4 is 23.2 Å². The van der Waals surface area contributed by atoms with Crippen molar-refractivity contribution in [1.29, 1.82) is 5.41 Å². The van der Waals surface area contributed by atoms with E-state index in [0.717, 1.165) is 19.4 Å². The third-order valence-corrected chi connectivity index (χ3v) is 5.79. The van der Waals surface area contributed by atoms with Gasteiger partial charge in [-0.3, -0.25) is 0 Å². The number of ether oxygens (including phenoxy) is 1. The van der Waals surface area contributed by atoms with E-state index in [2.05, 4.69) is 22.2 Å². The third-order valence-electron chi connectivity index (χ3n) is 5.79. The molecule has 0 aliphatic carbocycles. The van der Waals surface area contributed by atoms with Crippen molar-refractivity contribution < 1.29 is 19.0 Å². The summed E-state index contributed by atoms with van der Waals surface area (Å²) in [5.41, 5.74) is 1.06. The van der Waals surface area contributed by atoms with E-state index in [9.17, 15) is 14.3 Å². The van der Waals surface area contributed by atoms with Gasteiger partial charge in [0.15, 0.2) is 5.69 Å². The van der Waals surface area contributed by atoms with E-state index in [4.69, 9.17) is 10.1 Å². The Morgan fingerprint density at radius 2 is 2.06 bits per heavy atom. The normalized spacial score (nSPS) is 16.7. The molecule has 1 aliphatic heterocycles. The number of piperidine rings is 1. The van der Waals surface area contributed by atoms with Crippen molar-refractivity contribution in [3.05, 3.63) is 47.4 Å². The van der Waals surface area contributed by atoms with Crippen LogP contribution in [0.1, 0.15) is 55.6 Å². The number of likely N-dealkylation sites (tertiary alicyclic amines) is 1. The number of aromatic carboxylic acids is 1. The minimum atomic E-state index is -1.19. The van der Waals surface area contributed by atoms with Gasteiger partial charge in [0.2, 0.25) is 0 Å². The lowest BCUT2D eigenvalue weighted by atomic mass is 9.98. The first kappa shape index (κ1) is 23.7. The van der Waals surface area contributed by atoms with Gasteiger partial charge in [-0.05, 0) is 63.0 Å². The van der Waals surface area contributed by atoms with Gasteiger partial charge in [-0.25, -0.2) is 14.2 Å². The zero-order valence-corrected chi connectivity index (χ0v) is 18.8. The number of halogens is 1. The van der Waals surface area contributed by atoms with E-state index in [-0.39, 0.29) is 29.0 Å². The number of rotatable bonds is 9. The molecule has 3 N–H and O–H groups in total. The molecule has 32 heavy (non-hydrogen) atoms. The highest BCUT2D eigenvalue weighted by Gasteiger charge is 2.24. The minimum absolute atomic E-state index is 0.131. The SMILES string of the molecule is CC(C)C(=N)c1c(OCCC2CCCCN2C)cc(C(=O)O)nc1Nc1ccc(F)cc1. The second-order valence-electron chi connectivity index (χ2n) is 8.50. The average molecular weight is 443 g/mol. The fraction of sp³-hybridized carbons (Fsp3) is 0.458. The smallest absolute Gasteiger partial charge is 0.354 e. The Labute approximate surface area is 188 Å². The Bertz CT molecular complexity index is 962. The first-order chi connectivity index (χ1) is 15.3. The molecule has 0 saturated carbocycles. The standard InChI is InChI=1S/C24H31FN4O3/c1-15(2)22(26)21-20(32-13-11-18-6-4-5-12-29(18)3)14-19(24(30)31)28-23(21)27-17-9-7-16(25)8-10-17/h7-10,14-15,18,26H,4-6,11-13H2,1-3H3,(H,27,28)(H,30,31). The lowest BCUT2D eigenvalue weighted by molar-refractivity contribution is 0.0690. The van der Waals surface area contributed by atoms with Crippen LogP contribution < -0.4 is 10.1 Å². The molecular weight excluding hydrogens is 411 g/mol. The molecule has 0 amide bonds. The summed E-state index contributed by atoms with van der Waals surface area (Å²) in [6, 6.07) is 7.48. The molecule has 2 heterocycles. The molecule has 1 aromatic heterocycles. The maximum Gasteiger partial charge on any atom is 0.354 e. The van der Waals surface area contributed by atoms with Crippen LogP contribution in [0.25, 0.3) is 0 Å². The fourth-order valence-corrected chi connectivity index (χ4v) is 3.87. The number of nitrogens with one attached hydrogen (secondary N) is 2. The molecule has 1 aromatic carbocycles. The van der Waals surface area contributed by atoms with Gasteiger partial charge in [-0.1, -0.05) is 20.3 Å². The van der Waals surface area contributed by atoms with Gasteiger partial charge < -0.3 is 25.5 Å². The average Bonchev–Trinajstić information content (AvgIpc) is 2.76. The topological polar surface area (TPSA) is 98.5 Å². The van der Waals surface area contributed by atoms with Crippen molar-refractivity contribution in [3.63, 3.8) is 0 Å². The Hall–Kier alpha value is -3.00. The molecule has 1 aliphatic rings. The van der Waals surface area contributed by atoms with Crippen LogP contribution in [0, 0.1) is 17.1 Å². The molecule has 0 radical (unpaired) electrons. The number of hydrogen-bond donors (Lipinski definition) is 3. The summed E-state index contributed by atoms with van der Waals surface area (Å²) in [5.74, 6) is -1.17. The summed E-state index contributed by atoms with van der Waals surface area (Å²) in [6.07, 6.45) is 4.33. The molecule has 1 unspecified atom stereocenters. The Morgan fingerprint density at radius 3 is 2.69 bits per heavy atom. The summed E-state index contributed by atoms with van der Waals surface area (Å²) in [4.78, 5) is 18.3. The van der Waals surface area contributed by atoms with E-state index in [1.807, 2.05) is 13.8 Å². The van der Waals surface area contributed by atoms with E-state index in [0.29, 0.717) is 29.6 Å². The van der Waals surface area contributed by atoms with Crippen LogP contribution in [-0.4, -0.2) is 52.9 Å². The van der Waals surface area contributed by atoms with Crippen LogP contribution in [0.3, 0.4) is 0 Å². The van der Waals surface area contributed by atoms with Gasteiger partial charge in [-0.2, -0.15) is 0 Å². The summed E-state index contributed by atoms with van der Waals surface area (Å²) in [7, 11) is 2.11. The minimum Gasteiger partial charge on any atom is -0.493 e. The predicted molar refractivity (Wildman–Crippen MR) is 123 cm³/mol. The van der Waals surface area contributed by atoms with Gasteiger partial charge in [0.25, 0.3) is 0 Å². The number of nitrogens with zero attached hydrogens (tertiary/aromatic N) is 2. The molecule has 1 fully saturated rings. The van der Waals surface area contributed by atoms with Gasteiger partial charge in [-0.15, -0.1) is 0 Å². The molecular formula is C24H31FN4O3. The first-order valence-corrected chi connectivity index (χ1v) is 11.0. The van der Waals surface area contributed by atoms with Crippen LogP contribution >= 0.6 is 0 Å². The van der Waals surface area contributed by atoms with Gasteiger partial charge in [0.05, 0.1) is 12.2 Å². The number of carboxylic acids is 1. The maximum absolute atomic E-state index is 13.3. The molecule has 2 aromatic rings. The summed E-state index contributed by atoms with van der Waals surface area (Å²) >= 11 is 0. The molecule has 3 rings (SSSR count). The molecule has 0 bridgehead atoms. The number of hydrogen-bond acceptors (Lipinski definition) is 6. The Kier molecular flexibility index (Phi) is 7.80. The monoisotopic (exact) mass is 442 g/mol. The van der Waals surface area contributed by atoms with E-state index in [1.54, 1.807) is 0 Å². The summed E-state index contributed by atoms with van der Waals surface area (Å²) in [5, 5.41) is 21.3. The highest BCUT2D eigenvalue weighted by atomic mass is 19.1. The second-order valence-corrected chi connectivity index (χ2v) is 8.50. The molecule has 1 saturated heterocycles. The van der Waals surface area contributed by atoms with E-state index in [1.165, 1.54) is 43.2 Å². The Morgan fingerprint density at radius 1 is 1.34 bits per heavy atom. The van der Waals surface area contributed by atoms with E-state index < -0.39 is 5.97 Å². The van der Waals surface area contributed by atoms with Crippen molar-refractivity contribution in [2.75, 3.05) is 25.5 Å². The predicted octanol–water partition coefficient (Wildman–Crippen LogP) is 4.94. The van der Waals surface area contributed by atoms with Crippen LogP contribution in [0.4, 0.5) is 15.9 Å². The summed E-state index contributed by atoms with van der Waals surface area (Å²) < 4.78 is 19.4. The highest BCUT2D eigenvalue weighted by Crippen LogP contribution is 2.32. The van der Waals surface area contributed by atoms with Crippen LogP contribution in [0.15, 0.2) is 30.3 Å². The van der Waals surface area contributed by atoms with Crippen molar-refractivity contribution in [2.45, 2.75) is 45.6 Å². The highest BCUT2D eigenvalue weighted by molar-refractivity contribution is 6.07. The van der Waals surface area contributed by atoms with Gasteiger partial charge in [0, 0.05) is 23.5 Å². The van der Waals surface area contributed by atoms with Gasteiger partial charge in [0.1, 0.15) is 17.4 Å². The van der Waals surface area contributed by atoms with Crippen molar-refractivity contribution in [1.82, 2.24) is 9.88 Å². The lowest BCUT2D eigenvalue weighted by Gasteiger charge is -2.32. The zero-order valence-electron chi connectivity index (χ0n) is 18.8. The number of benzene rings is 1. The molecule has 0 spiro atoms.